The molecule has 0 aliphatic heterocycles. The highest BCUT2D eigenvalue weighted by atomic mass is 16.2. The predicted octanol–water partition coefficient (Wildman–Crippen LogP) is -0.388. The van der Waals surface area contributed by atoms with E-state index in [1.165, 1.54) is 0 Å². The van der Waals surface area contributed by atoms with E-state index >= 15 is 0 Å². The highest BCUT2D eigenvalue weighted by Crippen LogP contribution is 2.11. The van der Waals surface area contributed by atoms with Crippen LogP contribution in [0.25, 0.3) is 10.8 Å². The van der Waals surface area contributed by atoms with Gasteiger partial charge in [0, 0.05) is 18.5 Å². The van der Waals surface area contributed by atoms with E-state index in [4.69, 9.17) is 5.73 Å². The van der Waals surface area contributed by atoms with E-state index in [2.05, 4.69) is 15.5 Å². The highest BCUT2D eigenvalue weighted by Gasteiger charge is 2.12. The van der Waals surface area contributed by atoms with Crippen LogP contribution in [-0.4, -0.2) is 29.2 Å². The monoisotopic (exact) mass is 232 g/mol. The van der Waals surface area contributed by atoms with E-state index in [9.17, 15) is 9.59 Å². The van der Waals surface area contributed by atoms with Crippen LogP contribution in [-0.2, 0) is 0 Å². The first-order valence-corrected chi connectivity index (χ1v) is 5.19. The van der Waals surface area contributed by atoms with Crippen molar-refractivity contribution in [2.45, 2.75) is 0 Å². The number of benzene rings is 1. The number of carbonyl (C=O) groups excluding carboxylic acids is 1. The molecule has 88 valence electrons. The van der Waals surface area contributed by atoms with Crippen LogP contribution in [0.1, 0.15) is 10.5 Å². The van der Waals surface area contributed by atoms with Crippen LogP contribution in [0.5, 0.6) is 0 Å². The third kappa shape index (κ3) is 2.16. The largest absolute Gasteiger partial charge is 0.349 e. The van der Waals surface area contributed by atoms with Crippen LogP contribution >= 0.6 is 0 Å². The summed E-state index contributed by atoms with van der Waals surface area (Å²) in [5, 5.41) is 9.66. The zero-order chi connectivity index (χ0) is 12.3. The molecule has 0 spiro atoms. The van der Waals surface area contributed by atoms with Gasteiger partial charge in [-0.25, -0.2) is 5.10 Å². The van der Waals surface area contributed by atoms with E-state index in [0.717, 1.165) is 0 Å². The lowest BCUT2D eigenvalue weighted by molar-refractivity contribution is 0.0950. The Hall–Kier alpha value is -2.21. The molecule has 1 aromatic carbocycles. The fourth-order valence-electron chi connectivity index (χ4n) is 1.56. The number of carbonyl (C=O) groups is 1. The van der Waals surface area contributed by atoms with Crippen molar-refractivity contribution in [1.29, 1.82) is 0 Å². The highest BCUT2D eigenvalue weighted by molar-refractivity contribution is 6.04. The number of aromatic nitrogens is 2. The molecule has 1 heterocycles. The minimum absolute atomic E-state index is 0.202. The minimum atomic E-state index is -0.345. The molecular weight excluding hydrogens is 220 g/mol. The van der Waals surface area contributed by atoms with Gasteiger partial charge in [0.25, 0.3) is 11.5 Å². The number of fused-ring (bicyclic) bond motifs is 1. The molecule has 0 atom stereocenters. The van der Waals surface area contributed by atoms with E-state index in [1.54, 1.807) is 24.3 Å². The topological polar surface area (TPSA) is 101 Å². The molecule has 2 aromatic rings. The summed E-state index contributed by atoms with van der Waals surface area (Å²) >= 11 is 0. The molecule has 1 amide bonds. The van der Waals surface area contributed by atoms with Crippen molar-refractivity contribution in [2.75, 3.05) is 13.1 Å². The van der Waals surface area contributed by atoms with Gasteiger partial charge in [0.2, 0.25) is 0 Å². The second-order valence-corrected chi connectivity index (χ2v) is 3.49. The Morgan fingerprint density at radius 1 is 1.35 bits per heavy atom. The SMILES string of the molecule is NCCNC(=O)c1n[nH]c(=O)c2ccccc12. The smallest absolute Gasteiger partial charge is 0.272 e. The fourth-order valence-corrected chi connectivity index (χ4v) is 1.56. The van der Waals surface area contributed by atoms with Gasteiger partial charge >= 0.3 is 0 Å². The Morgan fingerprint density at radius 3 is 2.76 bits per heavy atom. The van der Waals surface area contributed by atoms with Gasteiger partial charge in [0.05, 0.1) is 5.39 Å². The van der Waals surface area contributed by atoms with Crippen LogP contribution in [0.4, 0.5) is 0 Å². The molecule has 6 heteroatoms. The van der Waals surface area contributed by atoms with Gasteiger partial charge < -0.3 is 11.1 Å². The quantitative estimate of drug-likeness (QED) is 0.671. The molecule has 0 aliphatic rings. The van der Waals surface area contributed by atoms with Crippen molar-refractivity contribution >= 4 is 16.7 Å². The number of H-pyrrole nitrogens is 1. The van der Waals surface area contributed by atoms with E-state index in [-0.39, 0.29) is 17.2 Å². The number of aromatic amines is 1. The summed E-state index contributed by atoms with van der Waals surface area (Å²) in [4.78, 5) is 23.3. The molecule has 0 bridgehead atoms. The van der Waals surface area contributed by atoms with Gasteiger partial charge in [-0.05, 0) is 6.07 Å². The fraction of sp³-hybridized carbons (Fsp3) is 0.182. The summed E-state index contributed by atoms with van der Waals surface area (Å²) in [5.74, 6) is -0.345. The normalized spacial score (nSPS) is 10.4. The van der Waals surface area contributed by atoms with Crippen molar-refractivity contribution in [3.05, 3.63) is 40.3 Å². The Morgan fingerprint density at radius 2 is 2.06 bits per heavy atom. The van der Waals surface area contributed by atoms with Crippen LogP contribution in [0.3, 0.4) is 0 Å². The zero-order valence-corrected chi connectivity index (χ0v) is 9.06. The molecule has 1 aromatic heterocycles. The first-order chi connectivity index (χ1) is 8.24. The van der Waals surface area contributed by atoms with E-state index in [0.29, 0.717) is 23.9 Å². The number of hydrogen-bond acceptors (Lipinski definition) is 4. The first kappa shape index (κ1) is 11.3. The van der Waals surface area contributed by atoms with Crippen molar-refractivity contribution < 1.29 is 4.79 Å². The molecule has 4 N–H and O–H groups in total. The Kier molecular flexibility index (Phi) is 3.15. The number of nitrogens with one attached hydrogen (secondary N) is 2. The van der Waals surface area contributed by atoms with Crippen molar-refractivity contribution in [3.8, 4) is 0 Å². The Balaban J connectivity index is 2.52. The summed E-state index contributed by atoms with van der Waals surface area (Å²) in [5.41, 5.74) is 5.19. The summed E-state index contributed by atoms with van der Waals surface area (Å²) in [6, 6.07) is 6.83. The third-order valence-electron chi connectivity index (χ3n) is 2.34. The van der Waals surface area contributed by atoms with Crippen molar-refractivity contribution in [3.63, 3.8) is 0 Å². The average molecular weight is 232 g/mol. The molecule has 0 unspecified atom stereocenters. The molecular formula is C11H12N4O2. The first-order valence-electron chi connectivity index (χ1n) is 5.19. The zero-order valence-electron chi connectivity index (χ0n) is 9.06. The lowest BCUT2D eigenvalue weighted by Crippen LogP contribution is -2.30. The van der Waals surface area contributed by atoms with Crippen LogP contribution < -0.4 is 16.6 Å². The van der Waals surface area contributed by atoms with Gasteiger partial charge in [-0.2, -0.15) is 5.10 Å². The van der Waals surface area contributed by atoms with Crippen molar-refractivity contribution in [1.82, 2.24) is 15.5 Å². The lowest BCUT2D eigenvalue weighted by atomic mass is 10.1. The molecule has 0 fully saturated rings. The molecule has 0 saturated heterocycles. The standard InChI is InChI=1S/C11H12N4O2/c12-5-6-13-11(17)9-7-3-1-2-4-8(7)10(16)15-14-9/h1-4H,5-6,12H2,(H,13,17)(H,15,16). The molecule has 0 aliphatic carbocycles. The number of amides is 1. The van der Waals surface area contributed by atoms with Crippen LogP contribution in [0.15, 0.2) is 29.1 Å². The maximum Gasteiger partial charge on any atom is 0.272 e. The van der Waals surface area contributed by atoms with Gasteiger partial charge in [-0.15, -0.1) is 0 Å². The molecule has 2 rings (SSSR count). The molecule has 6 nitrogen and oxygen atoms in total. The van der Waals surface area contributed by atoms with Gasteiger partial charge in [0.1, 0.15) is 0 Å². The van der Waals surface area contributed by atoms with Crippen LogP contribution in [0.2, 0.25) is 0 Å². The third-order valence-corrected chi connectivity index (χ3v) is 2.34. The number of rotatable bonds is 3. The van der Waals surface area contributed by atoms with Crippen LogP contribution in [0, 0.1) is 0 Å². The minimum Gasteiger partial charge on any atom is -0.349 e. The summed E-state index contributed by atoms with van der Waals surface area (Å²) in [6.45, 7) is 0.723. The van der Waals surface area contributed by atoms with Gasteiger partial charge in [-0.1, -0.05) is 18.2 Å². The Labute approximate surface area is 96.8 Å². The van der Waals surface area contributed by atoms with Gasteiger partial charge in [0.15, 0.2) is 5.69 Å². The van der Waals surface area contributed by atoms with Gasteiger partial charge in [-0.3, -0.25) is 9.59 Å². The second kappa shape index (κ2) is 4.75. The molecule has 17 heavy (non-hydrogen) atoms. The summed E-state index contributed by atoms with van der Waals surface area (Å²) < 4.78 is 0. The van der Waals surface area contributed by atoms with E-state index < -0.39 is 0 Å². The maximum absolute atomic E-state index is 11.8. The van der Waals surface area contributed by atoms with E-state index in [1.807, 2.05) is 0 Å². The predicted molar refractivity (Wildman–Crippen MR) is 63.8 cm³/mol. The lowest BCUT2D eigenvalue weighted by Gasteiger charge is -2.05. The average Bonchev–Trinajstić information content (AvgIpc) is 2.37. The second-order valence-electron chi connectivity index (χ2n) is 3.49. The number of hydrogen-bond donors (Lipinski definition) is 3. The molecule has 0 saturated carbocycles. The number of nitrogens with two attached hydrogens (primary N) is 1. The number of nitrogens with zero attached hydrogens (tertiary/aromatic N) is 1. The summed E-state index contributed by atoms with van der Waals surface area (Å²) in [6.07, 6.45) is 0. The Bertz CT molecular complexity index is 606. The summed E-state index contributed by atoms with van der Waals surface area (Å²) in [7, 11) is 0. The maximum atomic E-state index is 11.8. The molecule has 0 radical (unpaired) electrons. The van der Waals surface area contributed by atoms with Crippen molar-refractivity contribution in [2.24, 2.45) is 5.73 Å².